The van der Waals surface area contributed by atoms with E-state index in [2.05, 4.69) is 334 Å². The normalized spacial score (nSPS) is 13.3. The van der Waals surface area contributed by atoms with Crippen LogP contribution in [0.1, 0.15) is 44.5 Å². The van der Waals surface area contributed by atoms with Crippen molar-refractivity contribution in [2.45, 2.75) is 10.8 Å². The Morgan fingerprint density at radius 2 is 0.460 bits per heavy atom. The van der Waals surface area contributed by atoms with E-state index in [0.29, 0.717) is 11.6 Å². The van der Waals surface area contributed by atoms with Crippen LogP contribution in [0.25, 0.3) is 123 Å². The lowest BCUT2D eigenvalue weighted by Gasteiger charge is -2.39. The van der Waals surface area contributed by atoms with Gasteiger partial charge in [0.15, 0.2) is 11.6 Å². The topological polar surface area (TPSA) is 70.0 Å². The number of fused-ring (bicyclic) bond motifs is 18. The molecular formula is C94H58N4O2. The van der Waals surface area contributed by atoms with Gasteiger partial charge in [0.2, 0.25) is 0 Å². The first-order valence-electron chi connectivity index (χ1n) is 34.1. The first-order chi connectivity index (χ1) is 49.5. The lowest BCUT2D eigenvalue weighted by molar-refractivity contribution is 0.436. The number of para-hydroxylation sites is 3. The molecule has 6 heteroatoms. The van der Waals surface area contributed by atoms with Gasteiger partial charge in [0, 0.05) is 55.6 Å². The molecule has 2 aliphatic heterocycles. The molecule has 16 aromatic rings. The zero-order valence-corrected chi connectivity index (χ0v) is 54.1. The molecule has 0 unspecified atom stereocenters. The maximum atomic E-state index is 6.89. The van der Waals surface area contributed by atoms with Gasteiger partial charge in [-0.3, -0.25) is 0 Å². The molecule has 100 heavy (non-hydrogen) atoms. The van der Waals surface area contributed by atoms with E-state index in [-0.39, 0.29) is 0 Å². The highest BCUT2D eigenvalue weighted by atomic mass is 16.5. The lowest BCUT2D eigenvalue weighted by atomic mass is 9.66. The second-order valence-corrected chi connectivity index (χ2v) is 26.3. The second-order valence-electron chi connectivity index (χ2n) is 26.3. The summed E-state index contributed by atoms with van der Waals surface area (Å²) in [5.74, 6) is 4.67. The molecule has 4 aliphatic rings. The molecule has 2 aliphatic carbocycles. The third-order valence-corrected chi connectivity index (χ3v) is 20.8. The standard InChI is InChI=1S/C94H58N4O2/c1-3-23-59(24-4-1)61-27-20-32-66(52-61)84-58-86(69-48-50-90-82(56-69)93(78-41-13-16-44-87(78)100-90)75-38-10-7-35-71(75)72-36-8-11-39-76(72)93)98-92(97-84)70-34-22-31-65(54-70)63-29-19-28-62(51-63)64-30-21-33-67(53-64)83-57-85(96-91(95-83)60-25-5-2-6-26-60)68-47-49-74-73-37-9-12-40-77(73)94(81(74)55-68)79-42-14-17-45-88(79)99-89-46-18-15-43-80(89)94/h1-58H. The number of ether oxygens (including phenoxy) is 2. The maximum Gasteiger partial charge on any atom is 0.160 e. The zero-order valence-electron chi connectivity index (χ0n) is 54.1. The van der Waals surface area contributed by atoms with Gasteiger partial charge in [0.25, 0.3) is 0 Å². The van der Waals surface area contributed by atoms with Gasteiger partial charge in [0.1, 0.15) is 23.0 Å². The van der Waals surface area contributed by atoms with Crippen LogP contribution in [0.5, 0.6) is 23.0 Å². The van der Waals surface area contributed by atoms with Gasteiger partial charge in [-0.1, -0.05) is 273 Å². The number of hydrogen-bond acceptors (Lipinski definition) is 6. The van der Waals surface area contributed by atoms with Crippen molar-refractivity contribution >= 4 is 0 Å². The molecule has 6 nitrogen and oxygen atoms in total. The van der Waals surface area contributed by atoms with Crippen LogP contribution >= 0.6 is 0 Å². The van der Waals surface area contributed by atoms with E-state index in [4.69, 9.17) is 29.4 Å². The summed E-state index contributed by atoms with van der Waals surface area (Å²) in [6.07, 6.45) is 0. The van der Waals surface area contributed by atoms with Crippen LogP contribution in [0.3, 0.4) is 0 Å². The van der Waals surface area contributed by atoms with Gasteiger partial charge in [-0.15, -0.1) is 0 Å². The highest BCUT2D eigenvalue weighted by Gasteiger charge is 2.53. The summed E-state index contributed by atoms with van der Waals surface area (Å²) in [6.45, 7) is 0. The van der Waals surface area contributed by atoms with E-state index in [0.717, 1.165) is 135 Å². The van der Waals surface area contributed by atoms with Crippen LogP contribution in [0.15, 0.2) is 352 Å². The van der Waals surface area contributed by atoms with Crippen molar-refractivity contribution in [3.63, 3.8) is 0 Å². The van der Waals surface area contributed by atoms with Crippen LogP contribution in [0.2, 0.25) is 0 Å². The maximum absolute atomic E-state index is 6.89. The predicted molar refractivity (Wildman–Crippen MR) is 401 cm³/mol. The highest BCUT2D eigenvalue weighted by molar-refractivity contribution is 5.93. The molecule has 4 heterocycles. The monoisotopic (exact) mass is 1270 g/mol. The molecule has 20 rings (SSSR count). The van der Waals surface area contributed by atoms with Crippen molar-refractivity contribution in [2.24, 2.45) is 0 Å². The van der Waals surface area contributed by atoms with Gasteiger partial charge in [-0.25, -0.2) is 19.9 Å². The number of aromatic nitrogens is 4. The van der Waals surface area contributed by atoms with Crippen molar-refractivity contribution in [1.82, 2.24) is 19.9 Å². The molecule has 14 aromatic carbocycles. The number of nitrogens with zero attached hydrogens (tertiary/aromatic N) is 4. The Morgan fingerprint density at radius 3 is 0.930 bits per heavy atom. The smallest absolute Gasteiger partial charge is 0.160 e. The molecule has 0 saturated heterocycles. The van der Waals surface area contributed by atoms with E-state index in [1.54, 1.807) is 0 Å². The van der Waals surface area contributed by atoms with Crippen molar-refractivity contribution in [3.05, 3.63) is 396 Å². The molecule has 0 N–H and O–H groups in total. The fourth-order valence-corrected chi connectivity index (χ4v) is 16.4. The van der Waals surface area contributed by atoms with Crippen LogP contribution in [0, 0.1) is 0 Å². The summed E-state index contributed by atoms with van der Waals surface area (Å²) in [4.78, 5) is 21.8. The molecule has 0 fully saturated rings. The average Bonchev–Trinajstić information content (AvgIpc) is 1.50. The minimum Gasteiger partial charge on any atom is -0.457 e. The Kier molecular flexibility index (Phi) is 13.0. The van der Waals surface area contributed by atoms with Gasteiger partial charge >= 0.3 is 0 Å². The second kappa shape index (κ2) is 22.7. The summed E-state index contributed by atoms with van der Waals surface area (Å²) in [6, 6.07) is 126. The SMILES string of the molecule is c1ccc(-c2cccc(-c3cc(-c4ccc5c(c4)C4(c6ccccc6O5)c5ccccc5-c5ccccc54)nc(-c4cccc(-c5cccc(-c6cccc(-c7cc(-c8ccc9c(c8)C8(c%10ccccc%10Oc%10ccccc%108)c8ccccc8-9)nc(-c8ccccc8)n7)c6)c5)c4)n3)c2)cc1. The van der Waals surface area contributed by atoms with Crippen molar-refractivity contribution in [1.29, 1.82) is 0 Å². The molecule has 2 spiro atoms. The van der Waals surface area contributed by atoms with Gasteiger partial charge in [0.05, 0.1) is 33.6 Å². The van der Waals surface area contributed by atoms with Gasteiger partial charge < -0.3 is 9.47 Å². The zero-order chi connectivity index (χ0) is 65.9. The Labute approximate surface area is 579 Å². The summed E-state index contributed by atoms with van der Waals surface area (Å²) < 4.78 is 13.6. The van der Waals surface area contributed by atoms with E-state index in [1.165, 1.54) is 44.5 Å². The van der Waals surface area contributed by atoms with Crippen molar-refractivity contribution in [3.8, 4) is 146 Å². The van der Waals surface area contributed by atoms with Crippen LogP contribution in [-0.4, -0.2) is 19.9 Å². The van der Waals surface area contributed by atoms with E-state index < -0.39 is 10.8 Å². The fraction of sp³-hybridized carbons (Fsp3) is 0.0213. The molecule has 0 bridgehead atoms. The highest BCUT2D eigenvalue weighted by Crippen LogP contribution is 2.64. The Bertz CT molecular complexity index is 5930. The molecule has 0 atom stereocenters. The van der Waals surface area contributed by atoms with E-state index in [1.807, 2.05) is 18.2 Å². The average molecular weight is 1280 g/mol. The van der Waals surface area contributed by atoms with Crippen molar-refractivity contribution < 1.29 is 9.47 Å². The third kappa shape index (κ3) is 8.90. The van der Waals surface area contributed by atoms with Gasteiger partial charge in [-0.2, -0.15) is 0 Å². The minimum absolute atomic E-state index is 0.621. The predicted octanol–water partition coefficient (Wildman–Crippen LogP) is 23.2. The van der Waals surface area contributed by atoms with E-state index in [9.17, 15) is 0 Å². The lowest BCUT2D eigenvalue weighted by Crippen LogP contribution is -2.32. The summed E-state index contributed by atoms with van der Waals surface area (Å²) in [5.41, 5.74) is 28.5. The van der Waals surface area contributed by atoms with Crippen molar-refractivity contribution in [2.75, 3.05) is 0 Å². The fourth-order valence-electron chi connectivity index (χ4n) is 16.4. The van der Waals surface area contributed by atoms with Crippen LogP contribution in [0.4, 0.5) is 0 Å². The van der Waals surface area contributed by atoms with Crippen LogP contribution < -0.4 is 9.47 Å². The molecule has 0 saturated carbocycles. The molecule has 0 amide bonds. The molecule has 0 radical (unpaired) electrons. The Balaban J connectivity index is 0.684. The summed E-state index contributed by atoms with van der Waals surface area (Å²) >= 11 is 0. The van der Waals surface area contributed by atoms with E-state index >= 15 is 0 Å². The minimum atomic E-state index is -0.637. The quantitative estimate of drug-likeness (QED) is 0.143. The number of rotatable bonds is 9. The third-order valence-electron chi connectivity index (χ3n) is 20.8. The van der Waals surface area contributed by atoms with Gasteiger partial charge in [-0.05, 0) is 157 Å². The summed E-state index contributed by atoms with van der Waals surface area (Å²) in [7, 11) is 0. The Hall–Kier alpha value is -13.2. The summed E-state index contributed by atoms with van der Waals surface area (Å²) in [5, 5.41) is 0. The Morgan fingerprint density at radius 1 is 0.170 bits per heavy atom. The number of benzene rings is 14. The number of hydrogen-bond donors (Lipinski definition) is 0. The largest absolute Gasteiger partial charge is 0.457 e. The molecule has 2 aromatic heterocycles. The first-order valence-corrected chi connectivity index (χ1v) is 34.1. The molecular weight excluding hydrogens is 1220 g/mol. The van der Waals surface area contributed by atoms with Crippen LogP contribution in [-0.2, 0) is 10.8 Å². The first kappa shape index (κ1) is 57.1. The molecule has 466 valence electrons.